The maximum absolute atomic E-state index is 13.2. The lowest BCUT2D eigenvalue weighted by molar-refractivity contribution is 0.290. The smallest absolute Gasteiger partial charge is 0.146 e. The lowest BCUT2D eigenvalue weighted by Gasteiger charge is -2.19. The zero-order valence-corrected chi connectivity index (χ0v) is 8.00. The van der Waals surface area contributed by atoms with E-state index in [1.165, 1.54) is 0 Å². The first-order chi connectivity index (χ1) is 6.65. The molecule has 1 aromatic rings. The van der Waals surface area contributed by atoms with Gasteiger partial charge in [0.2, 0.25) is 0 Å². The van der Waals surface area contributed by atoms with Crippen LogP contribution in [0, 0.1) is 11.6 Å². The van der Waals surface area contributed by atoms with Gasteiger partial charge in [0.25, 0.3) is 0 Å². The SMILES string of the molecule is CN(CCCO)c1cc(F)ccc1F. The molecule has 1 N–H and O–H groups in total. The van der Waals surface area contributed by atoms with Crippen molar-refractivity contribution in [2.45, 2.75) is 6.42 Å². The minimum absolute atomic E-state index is 0.0429. The Morgan fingerprint density at radius 2 is 2.07 bits per heavy atom. The van der Waals surface area contributed by atoms with Crippen LogP contribution in [0.15, 0.2) is 18.2 Å². The van der Waals surface area contributed by atoms with E-state index in [0.717, 1.165) is 18.2 Å². The molecule has 0 saturated carbocycles. The highest BCUT2D eigenvalue weighted by molar-refractivity contribution is 5.47. The number of benzene rings is 1. The summed E-state index contributed by atoms with van der Waals surface area (Å²) in [6, 6.07) is 3.32. The van der Waals surface area contributed by atoms with Gasteiger partial charge in [-0.2, -0.15) is 0 Å². The number of rotatable bonds is 4. The molecule has 0 radical (unpaired) electrons. The second-order valence-electron chi connectivity index (χ2n) is 3.09. The van der Waals surface area contributed by atoms with Gasteiger partial charge in [0, 0.05) is 26.3 Å². The van der Waals surface area contributed by atoms with Crippen LogP contribution in [-0.2, 0) is 0 Å². The summed E-state index contributed by atoms with van der Waals surface area (Å²) in [5, 5.41) is 8.59. The molecule has 0 spiro atoms. The molecule has 0 atom stereocenters. The molecule has 0 aliphatic carbocycles. The Hall–Kier alpha value is -1.16. The molecule has 0 aliphatic rings. The van der Waals surface area contributed by atoms with E-state index in [2.05, 4.69) is 0 Å². The Kier molecular flexibility index (Phi) is 3.83. The van der Waals surface area contributed by atoms with Crippen LogP contribution >= 0.6 is 0 Å². The predicted octanol–water partition coefficient (Wildman–Crippen LogP) is 1.78. The van der Waals surface area contributed by atoms with E-state index in [-0.39, 0.29) is 12.3 Å². The first-order valence-corrected chi connectivity index (χ1v) is 4.42. The van der Waals surface area contributed by atoms with E-state index < -0.39 is 11.6 Å². The largest absolute Gasteiger partial charge is 0.396 e. The Morgan fingerprint density at radius 3 is 2.71 bits per heavy atom. The quantitative estimate of drug-likeness (QED) is 0.802. The van der Waals surface area contributed by atoms with Crippen LogP contribution in [0.1, 0.15) is 6.42 Å². The van der Waals surface area contributed by atoms with E-state index in [4.69, 9.17) is 5.11 Å². The van der Waals surface area contributed by atoms with E-state index in [1.807, 2.05) is 0 Å². The Bertz CT molecular complexity index is 304. The van der Waals surface area contributed by atoms with Crippen LogP contribution < -0.4 is 4.90 Å². The minimum Gasteiger partial charge on any atom is -0.396 e. The molecule has 0 aliphatic heterocycles. The third-order valence-corrected chi connectivity index (χ3v) is 1.97. The van der Waals surface area contributed by atoms with Crippen LogP contribution in [-0.4, -0.2) is 25.3 Å². The second-order valence-corrected chi connectivity index (χ2v) is 3.09. The standard InChI is InChI=1S/C10H13F2NO/c1-13(5-2-6-14)10-7-8(11)3-4-9(10)12/h3-4,7,14H,2,5-6H2,1H3. The lowest BCUT2D eigenvalue weighted by atomic mass is 10.2. The van der Waals surface area contributed by atoms with Crippen molar-refractivity contribution < 1.29 is 13.9 Å². The highest BCUT2D eigenvalue weighted by Crippen LogP contribution is 2.19. The van der Waals surface area contributed by atoms with Crippen molar-refractivity contribution in [2.24, 2.45) is 0 Å². The van der Waals surface area contributed by atoms with Gasteiger partial charge >= 0.3 is 0 Å². The van der Waals surface area contributed by atoms with Crippen LogP contribution in [0.4, 0.5) is 14.5 Å². The Morgan fingerprint density at radius 1 is 1.36 bits per heavy atom. The first-order valence-electron chi connectivity index (χ1n) is 4.42. The Balaban J connectivity index is 2.77. The van der Waals surface area contributed by atoms with E-state index >= 15 is 0 Å². The van der Waals surface area contributed by atoms with Gasteiger partial charge in [-0.1, -0.05) is 0 Å². The number of nitrogens with zero attached hydrogens (tertiary/aromatic N) is 1. The predicted molar refractivity (Wildman–Crippen MR) is 51.3 cm³/mol. The van der Waals surface area contributed by atoms with Gasteiger partial charge in [-0.3, -0.25) is 0 Å². The summed E-state index contributed by atoms with van der Waals surface area (Å²) in [4.78, 5) is 1.58. The molecule has 0 unspecified atom stereocenters. The molecule has 2 nitrogen and oxygen atoms in total. The highest BCUT2D eigenvalue weighted by atomic mass is 19.1. The van der Waals surface area contributed by atoms with Crippen LogP contribution in [0.3, 0.4) is 0 Å². The molecular formula is C10H13F2NO. The summed E-state index contributed by atoms with van der Waals surface area (Å²) in [5.74, 6) is -0.913. The zero-order valence-electron chi connectivity index (χ0n) is 8.00. The van der Waals surface area contributed by atoms with Gasteiger partial charge in [0.1, 0.15) is 11.6 Å². The van der Waals surface area contributed by atoms with Crippen molar-refractivity contribution in [3.05, 3.63) is 29.8 Å². The molecular weight excluding hydrogens is 188 g/mol. The molecule has 0 amide bonds. The fraction of sp³-hybridized carbons (Fsp3) is 0.400. The van der Waals surface area contributed by atoms with Crippen LogP contribution in [0.25, 0.3) is 0 Å². The van der Waals surface area contributed by atoms with Gasteiger partial charge in [-0.15, -0.1) is 0 Å². The monoisotopic (exact) mass is 201 g/mol. The molecule has 0 fully saturated rings. The molecule has 78 valence electrons. The number of aliphatic hydroxyl groups excluding tert-OH is 1. The fourth-order valence-corrected chi connectivity index (χ4v) is 1.21. The maximum atomic E-state index is 13.2. The summed E-state index contributed by atoms with van der Waals surface area (Å²) in [5.41, 5.74) is 0.221. The minimum atomic E-state index is -0.461. The molecule has 1 aromatic carbocycles. The summed E-state index contributed by atoms with van der Waals surface area (Å²) in [6.45, 7) is 0.540. The molecule has 0 heterocycles. The molecule has 4 heteroatoms. The normalized spacial score (nSPS) is 10.3. The summed E-state index contributed by atoms with van der Waals surface area (Å²) in [6.07, 6.45) is 0.534. The number of aliphatic hydroxyl groups is 1. The van der Waals surface area contributed by atoms with Gasteiger partial charge < -0.3 is 10.0 Å². The third kappa shape index (κ3) is 2.67. The Labute approximate surface area is 81.8 Å². The number of anilines is 1. The molecule has 1 rings (SSSR count). The number of hydrogen-bond acceptors (Lipinski definition) is 2. The van der Waals surface area contributed by atoms with Crippen molar-refractivity contribution in [1.29, 1.82) is 0 Å². The molecule has 0 saturated heterocycles. The summed E-state index contributed by atoms with van der Waals surface area (Å²) < 4.78 is 26.0. The van der Waals surface area contributed by atoms with Crippen LogP contribution in [0.5, 0.6) is 0 Å². The summed E-state index contributed by atoms with van der Waals surface area (Å²) >= 11 is 0. The van der Waals surface area contributed by atoms with Crippen molar-refractivity contribution in [3.8, 4) is 0 Å². The number of hydrogen-bond donors (Lipinski definition) is 1. The van der Waals surface area contributed by atoms with Crippen molar-refractivity contribution in [1.82, 2.24) is 0 Å². The van der Waals surface area contributed by atoms with Gasteiger partial charge in [-0.05, 0) is 18.6 Å². The maximum Gasteiger partial charge on any atom is 0.146 e. The van der Waals surface area contributed by atoms with Crippen molar-refractivity contribution >= 4 is 5.69 Å². The fourth-order valence-electron chi connectivity index (χ4n) is 1.21. The van der Waals surface area contributed by atoms with E-state index in [0.29, 0.717) is 13.0 Å². The number of halogens is 2. The van der Waals surface area contributed by atoms with E-state index in [9.17, 15) is 8.78 Å². The molecule has 14 heavy (non-hydrogen) atoms. The first kappa shape index (κ1) is 10.9. The highest BCUT2D eigenvalue weighted by Gasteiger charge is 2.07. The van der Waals surface area contributed by atoms with Crippen molar-refractivity contribution in [3.63, 3.8) is 0 Å². The second kappa shape index (κ2) is 4.91. The molecule has 0 aromatic heterocycles. The lowest BCUT2D eigenvalue weighted by Crippen LogP contribution is -2.20. The van der Waals surface area contributed by atoms with Gasteiger partial charge in [0.05, 0.1) is 5.69 Å². The van der Waals surface area contributed by atoms with E-state index in [1.54, 1.807) is 11.9 Å². The average Bonchev–Trinajstić information content (AvgIpc) is 2.18. The third-order valence-electron chi connectivity index (χ3n) is 1.97. The zero-order chi connectivity index (χ0) is 10.6. The van der Waals surface area contributed by atoms with Gasteiger partial charge in [-0.25, -0.2) is 8.78 Å². The van der Waals surface area contributed by atoms with Crippen LogP contribution in [0.2, 0.25) is 0 Å². The van der Waals surface area contributed by atoms with Gasteiger partial charge in [0.15, 0.2) is 0 Å². The average molecular weight is 201 g/mol. The topological polar surface area (TPSA) is 23.5 Å². The summed E-state index contributed by atoms with van der Waals surface area (Å²) in [7, 11) is 1.66. The molecule has 0 bridgehead atoms. The van der Waals surface area contributed by atoms with Crippen molar-refractivity contribution in [2.75, 3.05) is 25.1 Å².